The zero-order valence-electron chi connectivity index (χ0n) is 47.0. The Balaban J connectivity index is 3.66. The van der Waals surface area contributed by atoms with Gasteiger partial charge in [0, 0.05) is 12.8 Å². The van der Waals surface area contributed by atoms with Crippen LogP contribution in [0.3, 0.4) is 0 Å². The molecular weight excluding hydrogens is 909 g/mol. The van der Waals surface area contributed by atoms with Gasteiger partial charge in [-0.1, -0.05) is 254 Å². The quantitative estimate of drug-likeness (QED) is 0.0373. The number of ether oxygens (including phenoxy) is 2. The van der Waals surface area contributed by atoms with E-state index >= 15 is 0 Å². The average molecular weight is 1020 g/mol. The molecular formula is C69H106O5. The molecule has 0 rings (SSSR count). The Kier molecular flexibility index (Phi) is 58.1. The Morgan fingerprint density at radius 2 is 0.541 bits per heavy atom. The molecule has 0 aliphatic carbocycles. The van der Waals surface area contributed by atoms with Crippen LogP contribution in [0.2, 0.25) is 0 Å². The van der Waals surface area contributed by atoms with Gasteiger partial charge < -0.3 is 14.6 Å². The predicted molar refractivity (Wildman–Crippen MR) is 324 cm³/mol. The minimum atomic E-state index is -0.802. The van der Waals surface area contributed by atoms with Crippen LogP contribution in [0.4, 0.5) is 0 Å². The normalized spacial score (nSPS) is 13.6. The highest BCUT2D eigenvalue weighted by Crippen LogP contribution is 2.13. The van der Waals surface area contributed by atoms with Crippen LogP contribution in [0.15, 0.2) is 182 Å². The Hall–Kier alpha value is -5.00. The molecule has 0 aliphatic rings. The number of hydrogen-bond acceptors (Lipinski definition) is 5. The standard InChI is InChI=1S/C69H106O5/c1-3-5-7-9-11-13-15-17-19-21-23-25-27-29-31-33-34-36-38-40-42-44-46-48-50-52-54-56-58-60-62-64-69(72)74-67(65-70)66-73-68(71)63-61-59-57-55-53-51-49-47-45-43-41-39-37-35-32-30-28-26-24-22-20-18-16-14-12-10-8-6-4-2/h5-8,11-14,17-20,23-26,29-32,34,36-37,39-40,42-43,45-46,48,67,70H,3-4,9-10,15-16,21-22,27-28,33,35,38,41,44,47,49-66H2,1-2H3/b7-5-,8-6-,13-11-,14-12-,19-17-,20-18-,25-23-,26-24-,31-29-,32-30-,36-34-,39-37-,42-40-,45-43-,48-46-. The first-order valence-electron chi connectivity index (χ1n) is 29.3. The zero-order chi connectivity index (χ0) is 53.4. The minimum Gasteiger partial charge on any atom is -0.462 e. The van der Waals surface area contributed by atoms with Crippen LogP contribution >= 0.6 is 0 Å². The molecule has 74 heavy (non-hydrogen) atoms. The van der Waals surface area contributed by atoms with Crippen LogP contribution in [-0.4, -0.2) is 36.4 Å². The molecule has 1 unspecified atom stereocenters. The maximum absolute atomic E-state index is 12.3. The van der Waals surface area contributed by atoms with Crippen molar-refractivity contribution in [3.05, 3.63) is 182 Å². The van der Waals surface area contributed by atoms with Crippen LogP contribution in [0.5, 0.6) is 0 Å². The number of esters is 2. The maximum atomic E-state index is 12.3. The van der Waals surface area contributed by atoms with Gasteiger partial charge in [-0.05, 0) is 135 Å². The number of carbonyl (C=O) groups is 2. The van der Waals surface area contributed by atoms with E-state index in [0.717, 1.165) is 154 Å². The van der Waals surface area contributed by atoms with Crippen molar-refractivity contribution in [1.29, 1.82) is 0 Å². The van der Waals surface area contributed by atoms with E-state index in [9.17, 15) is 14.7 Å². The molecule has 0 aromatic rings. The molecule has 0 aliphatic heterocycles. The number of unbranched alkanes of at least 4 members (excludes halogenated alkanes) is 13. The van der Waals surface area contributed by atoms with Gasteiger partial charge in [0.1, 0.15) is 6.61 Å². The Bertz CT molecular complexity index is 1720. The molecule has 0 saturated heterocycles. The summed E-state index contributed by atoms with van der Waals surface area (Å²) in [6.45, 7) is 3.88. The second kappa shape index (κ2) is 62.3. The van der Waals surface area contributed by atoms with Gasteiger partial charge in [0.25, 0.3) is 0 Å². The van der Waals surface area contributed by atoms with Gasteiger partial charge in [-0.15, -0.1) is 0 Å². The van der Waals surface area contributed by atoms with E-state index in [-0.39, 0.29) is 25.2 Å². The third-order valence-corrected chi connectivity index (χ3v) is 11.7. The van der Waals surface area contributed by atoms with Crippen molar-refractivity contribution >= 4 is 11.9 Å². The number of allylic oxidation sites excluding steroid dienone is 30. The highest BCUT2D eigenvalue weighted by Gasteiger charge is 2.16. The zero-order valence-corrected chi connectivity index (χ0v) is 47.0. The van der Waals surface area contributed by atoms with E-state index in [1.807, 2.05) is 0 Å². The van der Waals surface area contributed by atoms with Crippen molar-refractivity contribution in [2.24, 2.45) is 0 Å². The summed E-state index contributed by atoms with van der Waals surface area (Å²) < 4.78 is 10.7. The van der Waals surface area contributed by atoms with Gasteiger partial charge in [0.05, 0.1) is 6.61 Å². The Labute approximate surface area is 455 Å². The van der Waals surface area contributed by atoms with Crippen LogP contribution in [-0.2, 0) is 19.1 Å². The number of carbonyl (C=O) groups excluding carboxylic acids is 2. The van der Waals surface area contributed by atoms with Crippen molar-refractivity contribution in [1.82, 2.24) is 0 Å². The number of hydrogen-bond donors (Lipinski definition) is 1. The lowest BCUT2D eigenvalue weighted by Crippen LogP contribution is -2.28. The molecule has 5 nitrogen and oxygen atoms in total. The van der Waals surface area contributed by atoms with E-state index in [1.165, 1.54) is 38.5 Å². The fourth-order valence-electron chi connectivity index (χ4n) is 7.37. The molecule has 0 spiro atoms. The smallest absolute Gasteiger partial charge is 0.306 e. The molecule has 0 aromatic carbocycles. The summed E-state index contributed by atoms with van der Waals surface area (Å²) in [5.74, 6) is -0.635. The van der Waals surface area contributed by atoms with Gasteiger partial charge in [-0.25, -0.2) is 0 Å². The average Bonchev–Trinajstić information content (AvgIpc) is 3.40. The third-order valence-electron chi connectivity index (χ3n) is 11.7. The van der Waals surface area contributed by atoms with Gasteiger partial charge in [-0.2, -0.15) is 0 Å². The molecule has 412 valence electrons. The molecule has 1 atom stereocenters. The lowest BCUT2D eigenvalue weighted by atomic mass is 10.1. The van der Waals surface area contributed by atoms with Crippen molar-refractivity contribution in [3.8, 4) is 0 Å². The topological polar surface area (TPSA) is 72.8 Å². The molecule has 0 amide bonds. The van der Waals surface area contributed by atoms with Crippen LogP contribution in [0.1, 0.15) is 219 Å². The van der Waals surface area contributed by atoms with E-state index in [1.54, 1.807) is 0 Å². The van der Waals surface area contributed by atoms with E-state index < -0.39 is 6.10 Å². The second-order valence-corrected chi connectivity index (χ2v) is 18.6. The Morgan fingerprint density at radius 3 is 0.811 bits per heavy atom. The maximum Gasteiger partial charge on any atom is 0.306 e. The Morgan fingerprint density at radius 1 is 0.311 bits per heavy atom. The highest BCUT2D eigenvalue weighted by molar-refractivity contribution is 5.70. The fraction of sp³-hybridized carbons (Fsp3) is 0.536. The molecule has 0 fully saturated rings. The first kappa shape index (κ1) is 69.0. The molecule has 1 N–H and O–H groups in total. The van der Waals surface area contributed by atoms with Crippen LogP contribution < -0.4 is 0 Å². The van der Waals surface area contributed by atoms with Crippen molar-refractivity contribution in [2.45, 2.75) is 225 Å². The number of aliphatic hydroxyl groups excluding tert-OH is 1. The van der Waals surface area contributed by atoms with Crippen molar-refractivity contribution in [3.63, 3.8) is 0 Å². The minimum absolute atomic E-state index is 0.0913. The van der Waals surface area contributed by atoms with Gasteiger partial charge in [0.15, 0.2) is 6.10 Å². The summed E-state index contributed by atoms with van der Waals surface area (Å²) >= 11 is 0. The van der Waals surface area contributed by atoms with Crippen LogP contribution in [0.25, 0.3) is 0 Å². The first-order chi connectivity index (χ1) is 36.6. The third kappa shape index (κ3) is 59.6. The van der Waals surface area contributed by atoms with E-state index in [2.05, 4.69) is 196 Å². The molecule has 0 bridgehead atoms. The SMILES string of the molecule is CC/C=C\C/C=C\C/C=C\C/C=C\C/C=C\C/C=C\C/C=C\C/C=C\CCCCCCCCC(=O)OC(CO)COC(=O)CCCCCCCCC/C=C\C/C=C\C/C=C\C/C=C\C/C=C\C/C=C\C/C=C\CC. The molecule has 0 radical (unpaired) electrons. The summed E-state index contributed by atoms with van der Waals surface area (Å²) in [7, 11) is 0. The molecule has 0 saturated carbocycles. The van der Waals surface area contributed by atoms with E-state index in [0.29, 0.717) is 12.8 Å². The van der Waals surface area contributed by atoms with Crippen molar-refractivity contribution in [2.75, 3.05) is 13.2 Å². The summed E-state index contributed by atoms with van der Waals surface area (Å²) in [6.07, 6.45) is 98.5. The molecule has 0 heterocycles. The van der Waals surface area contributed by atoms with E-state index in [4.69, 9.17) is 9.47 Å². The summed E-state index contributed by atoms with van der Waals surface area (Å²) in [5, 5.41) is 9.67. The molecule has 0 aromatic heterocycles. The summed E-state index contributed by atoms with van der Waals surface area (Å²) in [5.41, 5.74) is 0. The van der Waals surface area contributed by atoms with Crippen LogP contribution in [0, 0.1) is 0 Å². The second-order valence-electron chi connectivity index (χ2n) is 18.6. The molecule has 5 heteroatoms. The highest BCUT2D eigenvalue weighted by atomic mass is 16.6. The van der Waals surface area contributed by atoms with Gasteiger partial charge in [-0.3, -0.25) is 9.59 Å². The van der Waals surface area contributed by atoms with Gasteiger partial charge in [0.2, 0.25) is 0 Å². The summed E-state index contributed by atoms with van der Waals surface area (Å²) in [4.78, 5) is 24.6. The lowest BCUT2D eigenvalue weighted by molar-refractivity contribution is -0.161. The largest absolute Gasteiger partial charge is 0.462 e. The number of aliphatic hydroxyl groups is 1. The lowest BCUT2D eigenvalue weighted by Gasteiger charge is -2.15. The monoisotopic (exact) mass is 1010 g/mol. The van der Waals surface area contributed by atoms with Gasteiger partial charge >= 0.3 is 11.9 Å². The van der Waals surface area contributed by atoms with Crippen molar-refractivity contribution < 1.29 is 24.2 Å². The number of rotatable bonds is 51. The summed E-state index contributed by atoms with van der Waals surface area (Å²) in [6, 6.07) is 0. The fourth-order valence-corrected chi connectivity index (χ4v) is 7.37. The predicted octanol–water partition coefficient (Wildman–Crippen LogP) is 20.3. The first-order valence-corrected chi connectivity index (χ1v) is 29.3.